The normalized spacial score (nSPS) is 18.2. The Balaban J connectivity index is 1.61. The van der Waals surface area contributed by atoms with E-state index < -0.39 is 6.04 Å². The van der Waals surface area contributed by atoms with Gasteiger partial charge >= 0.3 is 0 Å². The van der Waals surface area contributed by atoms with Gasteiger partial charge in [0.15, 0.2) is 0 Å². The van der Waals surface area contributed by atoms with Gasteiger partial charge in [0.05, 0.1) is 17.7 Å². The molecule has 25 heavy (non-hydrogen) atoms. The maximum absolute atomic E-state index is 12.7. The van der Waals surface area contributed by atoms with E-state index in [1.165, 1.54) is 0 Å². The molecule has 6 heteroatoms. The molecule has 3 N–H and O–H groups in total. The fourth-order valence-electron chi connectivity index (χ4n) is 3.41. The molecule has 6 nitrogen and oxygen atoms in total. The first kappa shape index (κ1) is 15.4. The number of nitrogens with zero attached hydrogens (tertiary/aromatic N) is 2. The molecule has 2 aliphatic rings. The largest absolute Gasteiger partial charge is 0.330 e. The van der Waals surface area contributed by atoms with Crippen LogP contribution in [0.1, 0.15) is 32.6 Å². The number of hydrogen-bond acceptors (Lipinski definition) is 4. The van der Waals surface area contributed by atoms with Gasteiger partial charge in [-0.25, -0.2) is 0 Å². The van der Waals surface area contributed by atoms with Gasteiger partial charge in [0.25, 0.3) is 5.91 Å². The number of rotatable bonds is 1. The molecule has 0 fully saturated rings. The minimum Gasteiger partial charge on any atom is -0.330 e. The third-order valence-corrected chi connectivity index (χ3v) is 4.78. The van der Waals surface area contributed by atoms with E-state index in [0.717, 1.165) is 22.4 Å². The average molecular weight is 332 g/mol. The number of hydrogen-bond donors (Lipinski definition) is 2. The maximum atomic E-state index is 12.7. The van der Waals surface area contributed by atoms with Crippen molar-refractivity contribution in [3.8, 4) is 6.07 Å². The first-order valence-corrected chi connectivity index (χ1v) is 8.06. The van der Waals surface area contributed by atoms with Crippen LogP contribution in [0.15, 0.2) is 36.4 Å². The molecule has 2 aromatic rings. The predicted octanol–water partition coefficient (Wildman–Crippen LogP) is 1.54. The molecule has 0 saturated heterocycles. The van der Waals surface area contributed by atoms with Crippen LogP contribution in [0.3, 0.4) is 0 Å². The van der Waals surface area contributed by atoms with Gasteiger partial charge in [0.2, 0.25) is 5.91 Å². The predicted molar refractivity (Wildman–Crippen MR) is 91.5 cm³/mol. The lowest BCUT2D eigenvalue weighted by atomic mass is 9.94. The zero-order valence-electron chi connectivity index (χ0n) is 13.5. The van der Waals surface area contributed by atoms with Crippen molar-refractivity contribution < 1.29 is 9.59 Å². The molecule has 2 aliphatic heterocycles. The van der Waals surface area contributed by atoms with Crippen LogP contribution in [0, 0.1) is 11.3 Å². The van der Waals surface area contributed by atoms with Crippen molar-refractivity contribution in [3.63, 3.8) is 0 Å². The van der Waals surface area contributed by atoms with Gasteiger partial charge in [-0.1, -0.05) is 12.1 Å². The molecule has 4 rings (SSSR count). The van der Waals surface area contributed by atoms with Crippen LogP contribution in [-0.2, 0) is 24.3 Å². The van der Waals surface area contributed by atoms with Gasteiger partial charge in [0, 0.05) is 29.9 Å². The number of anilines is 1. The van der Waals surface area contributed by atoms with Crippen LogP contribution >= 0.6 is 0 Å². The van der Waals surface area contributed by atoms with Gasteiger partial charge in [0.1, 0.15) is 0 Å². The number of carbonyl (C=O) groups excluding carboxylic acids is 2. The molecule has 1 atom stereocenters. The molecule has 0 unspecified atom stereocenters. The standard InChI is InChI=1S/C19H16N4O2/c20-8-11-1-3-12(4-2-11)19(25)23-9-14-6-5-13-7-16(21)18(24)22-17(13)15(14)10-23/h1-6,16H,7,9-10,21H2,(H,22,24)/t16-/m0/s1. The van der Waals surface area contributed by atoms with E-state index in [1.54, 1.807) is 29.2 Å². The van der Waals surface area contributed by atoms with E-state index in [4.69, 9.17) is 11.0 Å². The maximum Gasteiger partial charge on any atom is 0.254 e. The molecule has 0 bridgehead atoms. The Kier molecular flexibility index (Phi) is 3.52. The van der Waals surface area contributed by atoms with Crippen molar-refractivity contribution in [1.82, 2.24) is 4.90 Å². The number of nitrogens with one attached hydrogen (secondary N) is 1. The SMILES string of the molecule is N#Cc1ccc(C(=O)N2Cc3ccc4c(c3C2)NC(=O)[C@@H](N)C4)cc1. The van der Waals surface area contributed by atoms with Crippen molar-refractivity contribution in [2.24, 2.45) is 5.73 Å². The Labute approximate surface area is 144 Å². The van der Waals surface area contributed by atoms with Crippen molar-refractivity contribution in [2.75, 3.05) is 5.32 Å². The monoisotopic (exact) mass is 332 g/mol. The molecule has 0 spiro atoms. The molecular formula is C19H16N4O2. The lowest BCUT2D eigenvalue weighted by molar-refractivity contribution is -0.117. The Bertz CT molecular complexity index is 928. The Hall–Kier alpha value is -3.17. The Morgan fingerprint density at radius 2 is 1.88 bits per heavy atom. The number of fused-ring (bicyclic) bond motifs is 3. The lowest BCUT2D eigenvalue weighted by Gasteiger charge is -2.24. The zero-order chi connectivity index (χ0) is 17.6. The van der Waals surface area contributed by atoms with E-state index in [9.17, 15) is 9.59 Å². The number of carbonyl (C=O) groups is 2. The van der Waals surface area contributed by atoms with Crippen LogP contribution in [0.5, 0.6) is 0 Å². The fourth-order valence-corrected chi connectivity index (χ4v) is 3.41. The van der Waals surface area contributed by atoms with Crippen molar-refractivity contribution in [3.05, 3.63) is 64.2 Å². The molecule has 0 radical (unpaired) electrons. The molecule has 0 aliphatic carbocycles. The van der Waals surface area contributed by atoms with E-state index in [-0.39, 0.29) is 11.8 Å². The van der Waals surface area contributed by atoms with E-state index in [0.29, 0.717) is 30.6 Å². The summed E-state index contributed by atoms with van der Waals surface area (Å²) >= 11 is 0. The highest BCUT2D eigenvalue weighted by molar-refractivity contribution is 5.99. The van der Waals surface area contributed by atoms with Crippen LogP contribution in [0.4, 0.5) is 5.69 Å². The topological polar surface area (TPSA) is 99.2 Å². The summed E-state index contributed by atoms with van der Waals surface area (Å²) in [5, 5.41) is 11.7. The molecule has 2 heterocycles. The highest BCUT2D eigenvalue weighted by atomic mass is 16.2. The van der Waals surface area contributed by atoms with Gasteiger partial charge in [-0.3, -0.25) is 9.59 Å². The fraction of sp³-hybridized carbons (Fsp3) is 0.211. The third kappa shape index (κ3) is 2.55. The molecule has 2 aromatic carbocycles. The van der Waals surface area contributed by atoms with Gasteiger partial charge in [-0.2, -0.15) is 5.26 Å². The summed E-state index contributed by atoms with van der Waals surface area (Å²) in [6.45, 7) is 0.955. The second kappa shape index (κ2) is 5.72. The van der Waals surface area contributed by atoms with Crippen molar-refractivity contribution in [1.29, 1.82) is 5.26 Å². The second-order valence-corrected chi connectivity index (χ2v) is 6.39. The van der Waals surface area contributed by atoms with Crippen molar-refractivity contribution in [2.45, 2.75) is 25.6 Å². The summed E-state index contributed by atoms with van der Waals surface area (Å²) in [5.41, 5.74) is 10.7. The van der Waals surface area contributed by atoms with Crippen LogP contribution in [-0.4, -0.2) is 22.8 Å². The van der Waals surface area contributed by atoms with Crippen LogP contribution in [0.2, 0.25) is 0 Å². The van der Waals surface area contributed by atoms with Gasteiger partial charge in [-0.15, -0.1) is 0 Å². The van der Waals surface area contributed by atoms with Gasteiger partial charge < -0.3 is 16.0 Å². The van der Waals surface area contributed by atoms with Crippen LogP contribution < -0.4 is 11.1 Å². The molecular weight excluding hydrogens is 316 g/mol. The summed E-state index contributed by atoms with van der Waals surface area (Å²) in [7, 11) is 0. The average Bonchev–Trinajstić information content (AvgIpc) is 3.07. The number of benzene rings is 2. The number of nitriles is 1. The zero-order valence-corrected chi connectivity index (χ0v) is 13.5. The first-order chi connectivity index (χ1) is 12.1. The Morgan fingerprint density at radius 3 is 2.60 bits per heavy atom. The Morgan fingerprint density at radius 1 is 1.16 bits per heavy atom. The van der Waals surface area contributed by atoms with Gasteiger partial charge in [-0.05, 0) is 41.8 Å². The molecule has 0 aromatic heterocycles. The highest BCUT2D eigenvalue weighted by Gasteiger charge is 2.31. The van der Waals surface area contributed by atoms with E-state index >= 15 is 0 Å². The summed E-state index contributed by atoms with van der Waals surface area (Å²) in [6.07, 6.45) is 0.512. The minimum atomic E-state index is -0.525. The quantitative estimate of drug-likeness (QED) is 0.827. The highest BCUT2D eigenvalue weighted by Crippen LogP contribution is 2.35. The molecule has 2 amide bonds. The minimum absolute atomic E-state index is 0.0896. The van der Waals surface area contributed by atoms with E-state index in [2.05, 4.69) is 5.32 Å². The summed E-state index contributed by atoms with van der Waals surface area (Å²) in [4.78, 5) is 26.4. The smallest absolute Gasteiger partial charge is 0.254 e. The lowest BCUT2D eigenvalue weighted by Crippen LogP contribution is -2.41. The van der Waals surface area contributed by atoms with Crippen LogP contribution in [0.25, 0.3) is 0 Å². The number of nitrogens with two attached hydrogens (primary N) is 1. The second-order valence-electron chi connectivity index (χ2n) is 6.39. The molecule has 124 valence electrons. The number of amides is 2. The van der Waals surface area contributed by atoms with Crippen molar-refractivity contribution >= 4 is 17.5 Å². The van der Waals surface area contributed by atoms with E-state index in [1.807, 2.05) is 18.2 Å². The molecule has 0 saturated carbocycles. The summed E-state index contributed by atoms with van der Waals surface area (Å²) in [5.74, 6) is -0.272. The first-order valence-electron chi connectivity index (χ1n) is 8.06. The summed E-state index contributed by atoms with van der Waals surface area (Å²) in [6, 6.07) is 12.1. The summed E-state index contributed by atoms with van der Waals surface area (Å²) < 4.78 is 0. The third-order valence-electron chi connectivity index (χ3n) is 4.78.